The molecule has 5 nitrogen and oxygen atoms in total. The van der Waals surface area contributed by atoms with Gasteiger partial charge in [0.15, 0.2) is 5.82 Å². The van der Waals surface area contributed by atoms with Crippen LogP contribution in [0.15, 0.2) is 36.4 Å². The van der Waals surface area contributed by atoms with Crippen LogP contribution in [0.3, 0.4) is 0 Å². The summed E-state index contributed by atoms with van der Waals surface area (Å²) in [5.41, 5.74) is 1.25. The lowest BCUT2D eigenvalue weighted by atomic mass is 10.2. The van der Waals surface area contributed by atoms with Crippen LogP contribution in [0, 0.1) is 0 Å². The Hall–Kier alpha value is -1.82. The minimum absolute atomic E-state index is 0.0339. The van der Waals surface area contributed by atoms with Gasteiger partial charge in [0, 0.05) is 11.6 Å². The summed E-state index contributed by atoms with van der Waals surface area (Å²) in [6, 6.07) is 10.6. The molecule has 0 amide bonds. The Morgan fingerprint density at radius 2 is 1.75 bits per heavy atom. The number of aromatic nitrogens is 4. The normalized spacial score (nSPS) is 11.1. The molecule has 0 N–H and O–H groups in total. The molecule has 0 saturated carbocycles. The molecule has 0 unspecified atom stereocenters. The molecule has 0 aliphatic heterocycles. The van der Waals surface area contributed by atoms with E-state index in [-0.39, 0.29) is 6.10 Å². The van der Waals surface area contributed by atoms with E-state index in [1.807, 2.05) is 32.0 Å². The number of rotatable bonds is 4. The van der Waals surface area contributed by atoms with Crippen LogP contribution in [-0.4, -0.2) is 26.3 Å². The maximum absolute atomic E-state index is 6.34. The van der Waals surface area contributed by atoms with E-state index in [0.29, 0.717) is 37.9 Å². The second kappa shape index (κ2) is 6.97. The maximum Gasteiger partial charge on any atom is 0.188 e. The summed E-state index contributed by atoms with van der Waals surface area (Å²) in [6.45, 7) is 3.83. The molecule has 24 heavy (non-hydrogen) atoms. The summed E-state index contributed by atoms with van der Waals surface area (Å²) >= 11 is 18.8. The Morgan fingerprint density at radius 3 is 2.46 bits per heavy atom. The zero-order chi connectivity index (χ0) is 17.3. The van der Waals surface area contributed by atoms with Gasteiger partial charge in [-0.15, -0.1) is 5.10 Å². The molecule has 0 aliphatic carbocycles. The van der Waals surface area contributed by atoms with Gasteiger partial charge in [0.05, 0.1) is 26.9 Å². The van der Waals surface area contributed by atoms with Crippen LogP contribution in [-0.2, 0) is 0 Å². The summed E-state index contributed by atoms with van der Waals surface area (Å²) in [5, 5.41) is 13.2. The molecule has 0 spiro atoms. The van der Waals surface area contributed by atoms with Gasteiger partial charge in [-0.3, -0.25) is 0 Å². The first-order valence-corrected chi connectivity index (χ1v) is 8.30. The van der Waals surface area contributed by atoms with Gasteiger partial charge in [0.25, 0.3) is 0 Å². The molecule has 0 aliphatic rings. The molecule has 0 fully saturated rings. The van der Waals surface area contributed by atoms with Crippen molar-refractivity contribution in [2.75, 3.05) is 0 Å². The Balaban J connectivity index is 2.14. The van der Waals surface area contributed by atoms with Crippen molar-refractivity contribution in [3.05, 3.63) is 51.5 Å². The van der Waals surface area contributed by atoms with E-state index in [1.165, 1.54) is 4.68 Å². The summed E-state index contributed by atoms with van der Waals surface area (Å²) in [4.78, 5) is 0. The largest absolute Gasteiger partial charge is 0.489 e. The standard InChI is InChI=1S/C16H13Cl3N4O/c1-9(2)24-15-8-14(12(18)7-13(15)19)23-16(20-21-22-23)10-5-3-4-6-11(10)17/h3-9H,1-2H3. The number of hydrogen-bond acceptors (Lipinski definition) is 4. The molecule has 8 heteroatoms. The molecule has 124 valence electrons. The Labute approximate surface area is 154 Å². The number of tetrazole rings is 1. The van der Waals surface area contributed by atoms with Gasteiger partial charge in [-0.05, 0) is 42.5 Å². The molecule has 3 aromatic rings. The molecule has 0 bridgehead atoms. The third-order valence-corrected chi connectivity index (χ3v) is 4.10. The predicted octanol–water partition coefficient (Wildman–Crippen LogP) is 5.08. The van der Waals surface area contributed by atoms with Crippen molar-refractivity contribution in [2.24, 2.45) is 0 Å². The molecule has 3 rings (SSSR count). The fraction of sp³-hybridized carbons (Fsp3) is 0.188. The second-order valence-electron chi connectivity index (χ2n) is 5.29. The average molecular weight is 384 g/mol. The number of ether oxygens (including phenoxy) is 1. The molecule has 2 aromatic carbocycles. The van der Waals surface area contributed by atoms with Crippen LogP contribution in [0.4, 0.5) is 0 Å². The molecular weight excluding hydrogens is 371 g/mol. The van der Waals surface area contributed by atoms with Crippen molar-refractivity contribution in [2.45, 2.75) is 20.0 Å². The molecule has 0 atom stereocenters. The lowest BCUT2D eigenvalue weighted by molar-refractivity contribution is 0.242. The minimum Gasteiger partial charge on any atom is -0.489 e. The second-order valence-corrected chi connectivity index (χ2v) is 6.52. The lowest BCUT2D eigenvalue weighted by Crippen LogP contribution is -2.07. The van der Waals surface area contributed by atoms with E-state index in [0.717, 1.165) is 0 Å². The molecule has 1 aromatic heterocycles. The number of nitrogens with zero attached hydrogens (tertiary/aromatic N) is 4. The molecule has 0 radical (unpaired) electrons. The van der Waals surface area contributed by atoms with Crippen molar-refractivity contribution in [3.8, 4) is 22.8 Å². The fourth-order valence-corrected chi connectivity index (χ4v) is 2.91. The van der Waals surface area contributed by atoms with Gasteiger partial charge in [-0.2, -0.15) is 4.68 Å². The third-order valence-electron chi connectivity index (χ3n) is 3.18. The predicted molar refractivity (Wildman–Crippen MR) is 95.4 cm³/mol. The smallest absolute Gasteiger partial charge is 0.188 e. The quantitative estimate of drug-likeness (QED) is 0.630. The van der Waals surface area contributed by atoms with Crippen LogP contribution < -0.4 is 4.74 Å². The van der Waals surface area contributed by atoms with E-state index >= 15 is 0 Å². The molecular formula is C16H13Cl3N4O. The Morgan fingerprint density at radius 1 is 1.00 bits per heavy atom. The van der Waals surface area contributed by atoms with Gasteiger partial charge in [-0.25, -0.2) is 0 Å². The van der Waals surface area contributed by atoms with Crippen LogP contribution >= 0.6 is 34.8 Å². The Kier molecular flexibility index (Phi) is 4.94. The number of benzene rings is 2. The van der Waals surface area contributed by atoms with Gasteiger partial charge in [0.1, 0.15) is 5.75 Å². The van der Waals surface area contributed by atoms with Crippen molar-refractivity contribution in [1.29, 1.82) is 0 Å². The molecule has 0 saturated heterocycles. The monoisotopic (exact) mass is 382 g/mol. The lowest BCUT2D eigenvalue weighted by Gasteiger charge is -2.14. The zero-order valence-corrected chi connectivity index (χ0v) is 15.1. The summed E-state index contributed by atoms with van der Waals surface area (Å²) < 4.78 is 7.22. The maximum atomic E-state index is 6.34. The topological polar surface area (TPSA) is 52.8 Å². The highest BCUT2D eigenvalue weighted by Gasteiger charge is 2.18. The fourth-order valence-electron chi connectivity index (χ4n) is 2.18. The first-order valence-electron chi connectivity index (χ1n) is 7.16. The van der Waals surface area contributed by atoms with Crippen molar-refractivity contribution < 1.29 is 4.74 Å². The van der Waals surface area contributed by atoms with Crippen LogP contribution in [0.25, 0.3) is 17.1 Å². The van der Waals surface area contributed by atoms with E-state index in [9.17, 15) is 0 Å². The highest BCUT2D eigenvalue weighted by Crippen LogP contribution is 2.35. The zero-order valence-electron chi connectivity index (χ0n) is 12.9. The van der Waals surface area contributed by atoms with Crippen molar-refractivity contribution in [3.63, 3.8) is 0 Å². The van der Waals surface area contributed by atoms with Gasteiger partial charge in [0.2, 0.25) is 0 Å². The SMILES string of the molecule is CC(C)Oc1cc(-n2nnnc2-c2ccccc2Cl)c(Cl)cc1Cl. The van der Waals surface area contributed by atoms with Crippen molar-refractivity contribution >= 4 is 34.8 Å². The van der Waals surface area contributed by atoms with E-state index in [4.69, 9.17) is 39.5 Å². The number of halogens is 3. The van der Waals surface area contributed by atoms with Gasteiger partial charge in [-0.1, -0.05) is 46.9 Å². The van der Waals surface area contributed by atoms with E-state index < -0.39 is 0 Å². The number of hydrogen-bond donors (Lipinski definition) is 0. The van der Waals surface area contributed by atoms with E-state index in [1.54, 1.807) is 18.2 Å². The van der Waals surface area contributed by atoms with Crippen LogP contribution in [0.5, 0.6) is 5.75 Å². The summed E-state index contributed by atoms with van der Waals surface area (Å²) in [7, 11) is 0. The minimum atomic E-state index is -0.0339. The summed E-state index contributed by atoms with van der Waals surface area (Å²) in [6.07, 6.45) is -0.0339. The Bertz CT molecular complexity index is 880. The summed E-state index contributed by atoms with van der Waals surface area (Å²) in [5.74, 6) is 0.979. The van der Waals surface area contributed by atoms with Gasteiger partial charge < -0.3 is 4.74 Å². The highest BCUT2D eigenvalue weighted by atomic mass is 35.5. The third kappa shape index (κ3) is 3.34. The van der Waals surface area contributed by atoms with Crippen LogP contribution in [0.1, 0.15) is 13.8 Å². The first-order chi connectivity index (χ1) is 11.5. The van der Waals surface area contributed by atoms with Crippen LogP contribution in [0.2, 0.25) is 15.1 Å². The highest BCUT2D eigenvalue weighted by molar-refractivity contribution is 6.36. The first kappa shape index (κ1) is 17.0. The van der Waals surface area contributed by atoms with Crippen molar-refractivity contribution in [1.82, 2.24) is 20.2 Å². The molecule has 1 heterocycles. The van der Waals surface area contributed by atoms with E-state index in [2.05, 4.69) is 15.5 Å². The van der Waals surface area contributed by atoms with Gasteiger partial charge >= 0.3 is 0 Å². The average Bonchev–Trinajstić information content (AvgIpc) is 2.99.